The SMILES string of the molecule is CC1(C)OC[C@H]([C@@H]2Nc3ccccc3[C@@H](Nc3ccc(Cl)c(Cl)c3)[C@]23COC(C)(C)O3)O1. The van der Waals surface area contributed by atoms with E-state index in [0.717, 1.165) is 16.9 Å². The molecule has 0 aromatic heterocycles. The zero-order valence-corrected chi connectivity index (χ0v) is 20.1. The summed E-state index contributed by atoms with van der Waals surface area (Å²) in [5.74, 6) is -1.41. The van der Waals surface area contributed by atoms with E-state index in [9.17, 15) is 0 Å². The number of ether oxygens (including phenoxy) is 4. The number of nitrogens with one attached hydrogen (secondary N) is 2. The average Bonchev–Trinajstić information content (AvgIpc) is 3.25. The molecule has 6 nitrogen and oxygen atoms in total. The van der Waals surface area contributed by atoms with Crippen molar-refractivity contribution < 1.29 is 18.9 Å². The Morgan fingerprint density at radius 1 is 0.969 bits per heavy atom. The first-order chi connectivity index (χ1) is 15.1. The van der Waals surface area contributed by atoms with Gasteiger partial charge in [0.1, 0.15) is 11.7 Å². The molecule has 0 amide bonds. The van der Waals surface area contributed by atoms with E-state index in [1.54, 1.807) is 6.07 Å². The maximum absolute atomic E-state index is 6.72. The Balaban J connectivity index is 1.61. The molecule has 2 N–H and O–H groups in total. The fourth-order valence-electron chi connectivity index (χ4n) is 4.95. The first-order valence-electron chi connectivity index (χ1n) is 10.8. The first-order valence-corrected chi connectivity index (χ1v) is 11.6. The number of para-hydroxylation sites is 1. The summed E-state index contributed by atoms with van der Waals surface area (Å²) in [4.78, 5) is 0. The molecule has 2 aromatic carbocycles. The molecule has 0 radical (unpaired) electrons. The van der Waals surface area contributed by atoms with Crippen molar-refractivity contribution in [2.75, 3.05) is 23.8 Å². The third-order valence-corrected chi connectivity index (χ3v) is 7.05. The van der Waals surface area contributed by atoms with E-state index in [2.05, 4.69) is 22.8 Å². The molecule has 2 fully saturated rings. The molecule has 2 saturated heterocycles. The van der Waals surface area contributed by atoms with Crippen molar-refractivity contribution in [3.8, 4) is 0 Å². The lowest BCUT2D eigenvalue weighted by molar-refractivity contribution is -0.183. The molecule has 4 atom stereocenters. The van der Waals surface area contributed by atoms with Gasteiger partial charge in [-0.3, -0.25) is 0 Å². The van der Waals surface area contributed by atoms with Gasteiger partial charge in [0.15, 0.2) is 11.6 Å². The Morgan fingerprint density at radius 3 is 2.41 bits per heavy atom. The third kappa shape index (κ3) is 3.87. The van der Waals surface area contributed by atoms with Crippen LogP contribution in [0.25, 0.3) is 0 Å². The number of rotatable bonds is 3. The largest absolute Gasteiger partial charge is 0.376 e. The zero-order valence-electron chi connectivity index (χ0n) is 18.6. The van der Waals surface area contributed by atoms with Crippen molar-refractivity contribution in [2.24, 2.45) is 0 Å². The number of anilines is 2. The summed E-state index contributed by atoms with van der Waals surface area (Å²) in [5.41, 5.74) is 2.17. The Labute approximate surface area is 198 Å². The minimum absolute atomic E-state index is 0.221. The molecule has 0 saturated carbocycles. The van der Waals surface area contributed by atoms with Gasteiger partial charge in [0.05, 0.1) is 35.3 Å². The minimum atomic E-state index is -0.765. The smallest absolute Gasteiger partial charge is 0.163 e. The van der Waals surface area contributed by atoms with Crippen LogP contribution in [0.5, 0.6) is 0 Å². The van der Waals surface area contributed by atoms with Crippen LogP contribution in [0.15, 0.2) is 42.5 Å². The van der Waals surface area contributed by atoms with Gasteiger partial charge >= 0.3 is 0 Å². The van der Waals surface area contributed by atoms with Crippen molar-refractivity contribution in [2.45, 2.75) is 63.1 Å². The summed E-state index contributed by atoms with van der Waals surface area (Å²) in [6.07, 6.45) is -0.228. The van der Waals surface area contributed by atoms with Gasteiger partial charge in [0, 0.05) is 16.9 Å². The van der Waals surface area contributed by atoms with E-state index in [1.807, 2.05) is 52.0 Å². The number of hydrogen-bond donors (Lipinski definition) is 2. The number of benzene rings is 2. The quantitative estimate of drug-likeness (QED) is 0.597. The minimum Gasteiger partial charge on any atom is -0.376 e. The average molecular weight is 479 g/mol. The van der Waals surface area contributed by atoms with Crippen LogP contribution in [-0.2, 0) is 18.9 Å². The van der Waals surface area contributed by atoms with Crippen LogP contribution >= 0.6 is 23.2 Å². The van der Waals surface area contributed by atoms with Crippen molar-refractivity contribution in [3.05, 3.63) is 58.1 Å². The Bertz CT molecular complexity index is 1030. The van der Waals surface area contributed by atoms with Crippen molar-refractivity contribution in [1.29, 1.82) is 0 Å². The molecule has 32 heavy (non-hydrogen) atoms. The molecule has 3 heterocycles. The van der Waals surface area contributed by atoms with Gasteiger partial charge in [-0.25, -0.2) is 0 Å². The molecule has 0 unspecified atom stereocenters. The zero-order chi connectivity index (χ0) is 22.7. The van der Waals surface area contributed by atoms with E-state index in [0.29, 0.717) is 23.3 Å². The molecule has 0 aliphatic carbocycles. The summed E-state index contributed by atoms with van der Waals surface area (Å²) in [7, 11) is 0. The van der Waals surface area contributed by atoms with Crippen LogP contribution in [0.3, 0.4) is 0 Å². The maximum Gasteiger partial charge on any atom is 0.163 e. The Hall–Kier alpha value is -1.54. The second-order valence-electron chi connectivity index (χ2n) is 9.53. The molecule has 0 bridgehead atoms. The van der Waals surface area contributed by atoms with Gasteiger partial charge in [-0.1, -0.05) is 41.4 Å². The third-order valence-electron chi connectivity index (χ3n) is 6.31. The monoisotopic (exact) mass is 478 g/mol. The fourth-order valence-corrected chi connectivity index (χ4v) is 5.25. The predicted molar refractivity (Wildman–Crippen MR) is 125 cm³/mol. The van der Waals surface area contributed by atoms with Crippen LogP contribution < -0.4 is 10.6 Å². The van der Waals surface area contributed by atoms with Crippen LogP contribution in [0.2, 0.25) is 10.0 Å². The normalized spacial score (nSPS) is 32.5. The van der Waals surface area contributed by atoms with Gasteiger partial charge < -0.3 is 29.6 Å². The highest BCUT2D eigenvalue weighted by atomic mass is 35.5. The van der Waals surface area contributed by atoms with Crippen molar-refractivity contribution in [1.82, 2.24) is 0 Å². The van der Waals surface area contributed by atoms with Crippen molar-refractivity contribution in [3.63, 3.8) is 0 Å². The first kappa shape index (κ1) is 22.3. The molecular formula is C24H28Cl2N2O4. The second-order valence-corrected chi connectivity index (χ2v) is 10.3. The molecule has 2 aromatic rings. The summed E-state index contributed by atoms with van der Waals surface area (Å²) in [6.45, 7) is 8.57. The second kappa shape index (κ2) is 7.76. The Morgan fingerprint density at radius 2 is 1.75 bits per heavy atom. The molecule has 8 heteroatoms. The summed E-state index contributed by atoms with van der Waals surface area (Å²) < 4.78 is 25.1. The molecule has 172 valence electrons. The molecule has 5 rings (SSSR count). The number of halogens is 2. The van der Waals surface area contributed by atoms with Crippen molar-refractivity contribution >= 4 is 34.6 Å². The van der Waals surface area contributed by atoms with Gasteiger partial charge in [-0.05, 0) is 52.0 Å². The lowest BCUT2D eigenvalue weighted by Gasteiger charge is -2.49. The lowest BCUT2D eigenvalue weighted by atomic mass is 9.76. The predicted octanol–water partition coefficient (Wildman–Crippen LogP) is 5.61. The number of hydrogen-bond acceptors (Lipinski definition) is 6. The van der Waals surface area contributed by atoms with Crippen LogP contribution in [0.4, 0.5) is 11.4 Å². The highest BCUT2D eigenvalue weighted by Gasteiger charge is 2.62. The highest BCUT2D eigenvalue weighted by molar-refractivity contribution is 6.42. The van der Waals surface area contributed by atoms with Gasteiger partial charge in [0.2, 0.25) is 0 Å². The van der Waals surface area contributed by atoms with E-state index in [1.165, 1.54) is 0 Å². The van der Waals surface area contributed by atoms with E-state index in [-0.39, 0.29) is 18.2 Å². The molecule has 3 aliphatic rings. The maximum atomic E-state index is 6.72. The van der Waals surface area contributed by atoms with E-state index in [4.69, 9.17) is 42.1 Å². The van der Waals surface area contributed by atoms with Crippen LogP contribution in [0, 0.1) is 0 Å². The fraction of sp³-hybridized carbons (Fsp3) is 0.500. The summed E-state index contributed by atoms with van der Waals surface area (Å²) in [6, 6.07) is 13.3. The topological polar surface area (TPSA) is 61.0 Å². The lowest BCUT2D eigenvalue weighted by Crippen LogP contribution is -2.63. The summed E-state index contributed by atoms with van der Waals surface area (Å²) >= 11 is 12.5. The molecule has 3 aliphatic heterocycles. The molecule has 1 spiro atoms. The summed E-state index contributed by atoms with van der Waals surface area (Å²) in [5, 5.41) is 8.35. The Kier molecular flexibility index (Phi) is 5.40. The standard InChI is InChI=1S/C24H28Cl2N2O4/c1-22(2)29-12-19(31-22)21-24(13-30-23(3,4)32-24)20(15-7-5-6-8-18(15)28-21)27-14-9-10-16(25)17(26)11-14/h5-11,19-21,27-28H,12-13H2,1-4H3/t19-,20-,21+,24-/m1/s1. The van der Waals surface area contributed by atoms with E-state index < -0.39 is 17.2 Å². The molecular weight excluding hydrogens is 451 g/mol. The van der Waals surface area contributed by atoms with E-state index >= 15 is 0 Å². The number of fused-ring (bicyclic) bond motifs is 1. The highest BCUT2D eigenvalue weighted by Crippen LogP contribution is 2.51. The van der Waals surface area contributed by atoms with Crippen LogP contribution in [0.1, 0.15) is 39.3 Å². The van der Waals surface area contributed by atoms with Gasteiger partial charge in [-0.15, -0.1) is 0 Å². The van der Waals surface area contributed by atoms with Gasteiger partial charge in [0.25, 0.3) is 0 Å². The van der Waals surface area contributed by atoms with Crippen LogP contribution in [-0.4, -0.2) is 42.5 Å². The van der Waals surface area contributed by atoms with Gasteiger partial charge in [-0.2, -0.15) is 0 Å².